The number of carbonyl (C=O) groups is 2. The molecular weight excluding hydrogens is 357 g/mol. The summed E-state index contributed by atoms with van der Waals surface area (Å²) in [6.45, 7) is 2.17. The van der Waals surface area contributed by atoms with Crippen LogP contribution in [0, 0.1) is 5.92 Å². The zero-order valence-corrected chi connectivity index (χ0v) is 14.5. The molecular formula is C14H19Cl2N5O3. The van der Waals surface area contributed by atoms with Crippen LogP contribution in [0.1, 0.15) is 6.42 Å². The number of halogens is 2. The van der Waals surface area contributed by atoms with E-state index in [1.54, 1.807) is 22.1 Å². The van der Waals surface area contributed by atoms with Crippen molar-refractivity contribution in [2.24, 2.45) is 16.9 Å². The fourth-order valence-electron chi connectivity index (χ4n) is 3.06. The normalized spacial score (nSPS) is 26.0. The van der Waals surface area contributed by atoms with Gasteiger partial charge in [-0.2, -0.15) is 0 Å². The number of nitrogens with two attached hydrogens (primary N) is 1. The Morgan fingerprint density at radius 2 is 2.04 bits per heavy atom. The maximum atomic E-state index is 12.5. The molecule has 2 amide bonds. The van der Waals surface area contributed by atoms with Crippen molar-refractivity contribution in [2.45, 2.75) is 6.42 Å². The Balaban J connectivity index is 0.00000208. The zero-order valence-electron chi connectivity index (χ0n) is 12.9. The summed E-state index contributed by atoms with van der Waals surface area (Å²) >= 11 is 6.02. The number of hydrazine groups is 1. The van der Waals surface area contributed by atoms with Gasteiger partial charge in [-0.1, -0.05) is 22.8 Å². The quantitative estimate of drug-likeness (QED) is 0.405. The number of fused-ring (bicyclic) bond motifs is 1. The summed E-state index contributed by atoms with van der Waals surface area (Å²) in [5, 5.41) is 14.4. The lowest BCUT2D eigenvalue weighted by atomic mass is 9.95. The van der Waals surface area contributed by atoms with Gasteiger partial charge in [-0.15, -0.1) is 12.4 Å². The lowest BCUT2D eigenvalue weighted by Gasteiger charge is -2.33. The van der Waals surface area contributed by atoms with Crippen LogP contribution in [-0.2, 0) is 9.59 Å². The molecule has 10 heteroatoms. The maximum Gasteiger partial charge on any atom is 0.277 e. The Kier molecular flexibility index (Phi) is 5.87. The first-order chi connectivity index (χ1) is 11.0. The molecule has 1 aliphatic carbocycles. The first-order valence-corrected chi connectivity index (χ1v) is 7.77. The summed E-state index contributed by atoms with van der Waals surface area (Å²) < 4.78 is 0. The number of carbonyl (C=O) groups excluding carboxylic acids is 2. The number of nitrogens with zero attached hydrogens (tertiary/aromatic N) is 4. The first-order valence-electron chi connectivity index (χ1n) is 7.39. The van der Waals surface area contributed by atoms with Crippen molar-refractivity contribution in [1.82, 2.24) is 14.8 Å². The number of hydrogen-bond acceptors (Lipinski definition) is 6. The fraction of sp³-hybridized carbons (Fsp3) is 0.500. The van der Waals surface area contributed by atoms with Crippen LogP contribution in [0.15, 0.2) is 28.0 Å². The molecule has 1 unspecified atom stereocenters. The minimum atomic E-state index is -0.450. The minimum absolute atomic E-state index is 0. The van der Waals surface area contributed by atoms with E-state index in [9.17, 15) is 9.59 Å². The van der Waals surface area contributed by atoms with Gasteiger partial charge in [0.2, 0.25) is 5.91 Å². The van der Waals surface area contributed by atoms with Gasteiger partial charge in [0.05, 0.1) is 5.92 Å². The number of piperazine rings is 1. The molecule has 0 saturated carbocycles. The average molecular weight is 376 g/mol. The second-order valence-electron chi connectivity index (χ2n) is 5.74. The molecule has 0 aromatic heterocycles. The van der Waals surface area contributed by atoms with E-state index < -0.39 is 5.91 Å². The molecule has 24 heavy (non-hydrogen) atoms. The van der Waals surface area contributed by atoms with E-state index in [1.807, 2.05) is 0 Å². The van der Waals surface area contributed by atoms with E-state index in [0.29, 0.717) is 43.3 Å². The highest BCUT2D eigenvalue weighted by molar-refractivity contribution is 6.43. The van der Waals surface area contributed by atoms with Gasteiger partial charge in [0.15, 0.2) is 5.71 Å². The van der Waals surface area contributed by atoms with E-state index in [0.717, 1.165) is 0 Å². The van der Waals surface area contributed by atoms with Gasteiger partial charge in [0, 0.05) is 36.9 Å². The van der Waals surface area contributed by atoms with E-state index in [1.165, 1.54) is 4.90 Å². The second kappa shape index (κ2) is 7.52. The minimum Gasteiger partial charge on any atom is -0.410 e. The van der Waals surface area contributed by atoms with Gasteiger partial charge in [-0.25, -0.2) is 5.01 Å². The van der Waals surface area contributed by atoms with Crippen molar-refractivity contribution >= 4 is 41.5 Å². The highest BCUT2D eigenvalue weighted by Gasteiger charge is 2.43. The van der Waals surface area contributed by atoms with Crippen LogP contribution in [0.5, 0.6) is 0 Å². The molecule has 1 atom stereocenters. The van der Waals surface area contributed by atoms with Gasteiger partial charge in [-0.05, 0) is 12.5 Å². The Morgan fingerprint density at radius 1 is 1.38 bits per heavy atom. The maximum absolute atomic E-state index is 12.5. The molecule has 3 rings (SSSR count). The lowest BCUT2D eigenvalue weighted by Crippen LogP contribution is -2.53. The molecule has 0 spiro atoms. The standard InChI is InChI=1S/C14H18ClN5O3.ClH/c15-9-1-2-10-11(7-9)20(14(22)13(10)17-23)8-12(21)18-3-5-19(16)6-4-18;/h1,7,10,23H,2-6,8,16H2;1H. The number of hydrogen-bond donors (Lipinski definition) is 2. The molecule has 8 nitrogen and oxygen atoms in total. The average Bonchev–Trinajstić information content (AvgIpc) is 2.79. The summed E-state index contributed by atoms with van der Waals surface area (Å²) in [5.41, 5.74) is 0.664. The Morgan fingerprint density at radius 3 is 2.67 bits per heavy atom. The van der Waals surface area contributed by atoms with Crippen LogP contribution in [0.25, 0.3) is 0 Å². The molecule has 3 N–H and O–H groups in total. The van der Waals surface area contributed by atoms with Crippen molar-refractivity contribution < 1.29 is 14.8 Å². The summed E-state index contributed by atoms with van der Waals surface area (Å²) in [6, 6.07) is 0. The third-order valence-corrected chi connectivity index (χ3v) is 4.63. The predicted octanol–water partition coefficient (Wildman–Crippen LogP) is 0.125. The number of amides is 2. The molecule has 0 aromatic carbocycles. The summed E-state index contributed by atoms with van der Waals surface area (Å²) in [6.07, 6.45) is 3.89. The zero-order chi connectivity index (χ0) is 16.6. The largest absolute Gasteiger partial charge is 0.410 e. The predicted molar refractivity (Wildman–Crippen MR) is 90.6 cm³/mol. The van der Waals surface area contributed by atoms with Crippen LogP contribution >= 0.6 is 24.0 Å². The van der Waals surface area contributed by atoms with Crippen molar-refractivity contribution in [3.05, 3.63) is 22.9 Å². The molecule has 132 valence electrons. The van der Waals surface area contributed by atoms with Crippen LogP contribution < -0.4 is 5.84 Å². The molecule has 0 bridgehead atoms. The lowest BCUT2D eigenvalue weighted by molar-refractivity contribution is -0.137. The van der Waals surface area contributed by atoms with E-state index in [4.69, 9.17) is 22.7 Å². The van der Waals surface area contributed by atoms with Crippen LogP contribution in [0.4, 0.5) is 0 Å². The van der Waals surface area contributed by atoms with Gasteiger partial charge < -0.3 is 15.0 Å². The third kappa shape index (κ3) is 3.41. The van der Waals surface area contributed by atoms with Crippen molar-refractivity contribution in [3.8, 4) is 0 Å². The van der Waals surface area contributed by atoms with E-state index in [-0.39, 0.29) is 36.5 Å². The summed E-state index contributed by atoms with van der Waals surface area (Å²) in [5.74, 6) is 4.73. The molecule has 2 heterocycles. The molecule has 3 aliphatic rings. The van der Waals surface area contributed by atoms with Gasteiger partial charge in [0.25, 0.3) is 5.91 Å². The van der Waals surface area contributed by atoms with Crippen LogP contribution in [-0.4, -0.2) is 70.3 Å². The van der Waals surface area contributed by atoms with Gasteiger partial charge >= 0.3 is 0 Å². The van der Waals surface area contributed by atoms with Gasteiger partial charge in [0.1, 0.15) is 6.54 Å². The molecule has 0 aromatic rings. The SMILES string of the molecule is Cl.NN1CCN(C(=O)CN2C(=O)C(=NO)C3CC=C(Cl)C=C32)CC1. The topological polar surface area (TPSA) is 102 Å². The molecule has 0 radical (unpaired) electrons. The van der Waals surface area contributed by atoms with E-state index in [2.05, 4.69) is 5.16 Å². The van der Waals surface area contributed by atoms with Crippen molar-refractivity contribution in [3.63, 3.8) is 0 Å². The van der Waals surface area contributed by atoms with Crippen molar-refractivity contribution in [1.29, 1.82) is 0 Å². The number of oxime groups is 1. The Bertz CT molecular complexity index is 626. The van der Waals surface area contributed by atoms with Crippen LogP contribution in [0.3, 0.4) is 0 Å². The number of likely N-dealkylation sites (tertiary alicyclic amines) is 1. The summed E-state index contributed by atoms with van der Waals surface area (Å²) in [7, 11) is 0. The monoisotopic (exact) mass is 375 g/mol. The Hall–Kier alpha value is -1.61. The smallest absolute Gasteiger partial charge is 0.277 e. The highest BCUT2D eigenvalue weighted by Crippen LogP contribution is 2.35. The van der Waals surface area contributed by atoms with Gasteiger partial charge in [-0.3, -0.25) is 15.4 Å². The van der Waals surface area contributed by atoms with Crippen LogP contribution in [0.2, 0.25) is 0 Å². The van der Waals surface area contributed by atoms with Crippen molar-refractivity contribution in [2.75, 3.05) is 32.7 Å². The highest BCUT2D eigenvalue weighted by atomic mass is 35.5. The number of allylic oxidation sites excluding steroid dienone is 4. The summed E-state index contributed by atoms with van der Waals surface area (Å²) in [4.78, 5) is 27.9. The second-order valence-corrected chi connectivity index (χ2v) is 6.18. The molecule has 2 saturated heterocycles. The fourth-order valence-corrected chi connectivity index (χ4v) is 3.26. The molecule has 2 fully saturated rings. The molecule has 2 aliphatic heterocycles. The first kappa shape index (κ1) is 18.7. The van der Waals surface area contributed by atoms with E-state index >= 15 is 0 Å². The third-order valence-electron chi connectivity index (χ3n) is 4.37. The number of rotatable bonds is 2. The Labute approximate surface area is 150 Å².